The number of carbonyl (C=O) groups excluding carboxylic acids is 1. The van der Waals surface area contributed by atoms with Crippen LogP contribution in [0.2, 0.25) is 0 Å². The summed E-state index contributed by atoms with van der Waals surface area (Å²) in [5.41, 5.74) is 0. The summed E-state index contributed by atoms with van der Waals surface area (Å²) in [6.07, 6.45) is 56.3. The monoisotopic (exact) mass is 903 g/mol. The van der Waals surface area contributed by atoms with Crippen LogP contribution in [0.3, 0.4) is 0 Å². The third-order valence-corrected chi connectivity index (χ3v) is 11.7. The van der Waals surface area contributed by atoms with Gasteiger partial charge in [0.2, 0.25) is 5.91 Å². The standard InChI is InChI=1S/C53H95N2O7P/c1-6-8-10-12-14-16-18-20-21-22-23-24-25-26-27-28-29-30-31-32-33-34-36-38-40-42-44-46-52(57)54-50(49-62-63(59,60)61-48-47-55(3,4)5)53(58)51(56)45-43-41-39-37-35-19-17-15-13-11-9-7-2/h8,10,14-17,20-21,23-24,26-27,37,39,50-51,53,56,58H,6-7,9,11-13,18-19,22,25,28-36,38,40-49H2,1-5H3,(H-,54,57,59,60)/b10-8-,16-14-,17-15+,21-20-,24-23-,27-26-,39-37+. The van der Waals surface area contributed by atoms with Gasteiger partial charge in [0.15, 0.2) is 0 Å². The minimum atomic E-state index is -4.68. The van der Waals surface area contributed by atoms with Crippen molar-refractivity contribution in [1.82, 2.24) is 5.32 Å². The van der Waals surface area contributed by atoms with E-state index in [1.54, 1.807) is 0 Å². The molecule has 0 bridgehead atoms. The zero-order valence-electron chi connectivity index (χ0n) is 40.9. The van der Waals surface area contributed by atoms with Crippen LogP contribution in [-0.4, -0.2) is 79.8 Å². The van der Waals surface area contributed by atoms with E-state index in [1.807, 2.05) is 21.1 Å². The lowest BCUT2D eigenvalue weighted by Gasteiger charge is -2.31. The van der Waals surface area contributed by atoms with Gasteiger partial charge in [0.05, 0.1) is 39.9 Å². The molecule has 0 rings (SSSR count). The fraction of sp³-hybridized carbons (Fsp3) is 0.717. The lowest BCUT2D eigenvalue weighted by atomic mass is 10.0. The van der Waals surface area contributed by atoms with Gasteiger partial charge < -0.3 is 34.0 Å². The van der Waals surface area contributed by atoms with Crippen LogP contribution in [0.1, 0.15) is 187 Å². The maximum atomic E-state index is 12.9. The molecule has 10 heteroatoms. The third kappa shape index (κ3) is 44.6. The molecule has 0 saturated heterocycles. The van der Waals surface area contributed by atoms with E-state index >= 15 is 0 Å². The Morgan fingerprint density at radius 3 is 1.52 bits per heavy atom. The quantitative estimate of drug-likeness (QED) is 0.0240. The number of unbranched alkanes of at least 4 members (excludes halogenated alkanes) is 16. The molecule has 4 unspecified atom stereocenters. The normalized spacial score (nSPS) is 15.4. The second kappa shape index (κ2) is 43.5. The van der Waals surface area contributed by atoms with Crippen molar-refractivity contribution in [3.05, 3.63) is 85.1 Å². The summed E-state index contributed by atoms with van der Waals surface area (Å²) in [7, 11) is 1.08. The Morgan fingerprint density at radius 2 is 1.02 bits per heavy atom. The number of hydrogen-bond acceptors (Lipinski definition) is 7. The molecule has 364 valence electrons. The topological polar surface area (TPSA) is 128 Å². The first-order valence-corrected chi connectivity index (χ1v) is 26.5. The molecule has 0 spiro atoms. The Balaban J connectivity index is 4.34. The number of allylic oxidation sites excluding steroid dienone is 14. The maximum Gasteiger partial charge on any atom is 0.268 e. The molecule has 63 heavy (non-hydrogen) atoms. The third-order valence-electron chi connectivity index (χ3n) is 10.7. The summed E-state index contributed by atoms with van der Waals surface area (Å²) in [5.74, 6) is -0.301. The largest absolute Gasteiger partial charge is 0.756 e. The van der Waals surface area contributed by atoms with E-state index in [4.69, 9.17) is 9.05 Å². The van der Waals surface area contributed by atoms with Crippen molar-refractivity contribution in [3.8, 4) is 0 Å². The van der Waals surface area contributed by atoms with Gasteiger partial charge in [-0.1, -0.05) is 170 Å². The van der Waals surface area contributed by atoms with E-state index in [1.165, 1.54) is 64.2 Å². The van der Waals surface area contributed by atoms with Crippen LogP contribution in [0.15, 0.2) is 85.1 Å². The Kier molecular flexibility index (Phi) is 41.9. The summed E-state index contributed by atoms with van der Waals surface area (Å²) in [5, 5.41) is 24.6. The molecule has 0 fully saturated rings. The number of amides is 1. The minimum absolute atomic E-state index is 0.0533. The molecule has 9 nitrogen and oxygen atoms in total. The Bertz CT molecular complexity index is 1320. The van der Waals surface area contributed by atoms with E-state index in [9.17, 15) is 24.5 Å². The van der Waals surface area contributed by atoms with Crippen LogP contribution in [-0.2, 0) is 18.4 Å². The summed E-state index contributed by atoms with van der Waals surface area (Å²) >= 11 is 0. The van der Waals surface area contributed by atoms with Gasteiger partial charge in [-0.15, -0.1) is 0 Å². The van der Waals surface area contributed by atoms with Crippen LogP contribution < -0.4 is 10.2 Å². The fourth-order valence-electron chi connectivity index (χ4n) is 6.71. The van der Waals surface area contributed by atoms with Gasteiger partial charge in [0, 0.05) is 6.42 Å². The number of likely N-dealkylation sites (N-methyl/N-ethyl adjacent to an activating group) is 1. The smallest absolute Gasteiger partial charge is 0.268 e. The summed E-state index contributed by atoms with van der Waals surface area (Å²) in [6, 6.07) is -1.10. The highest BCUT2D eigenvalue weighted by atomic mass is 31.2. The molecule has 0 aliphatic rings. The fourth-order valence-corrected chi connectivity index (χ4v) is 7.43. The molecular weight excluding hydrogens is 808 g/mol. The van der Waals surface area contributed by atoms with E-state index in [0.29, 0.717) is 30.3 Å². The average Bonchev–Trinajstić information content (AvgIpc) is 3.24. The van der Waals surface area contributed by atoms with E-state index in [-0.39, 0.29) is 18.9 Å². The van der Waals surface area contributed by atoms with Gasteiger partial charge in [-0.25, -0.2) is 0 Å². The van der Waals surface area contributed by atoms with Gasteiger partial charge in [0.25, 0.3) is 7.82 Å². The van der Waals surface area contributed by atoms with E-state index in [0.717, 1.165) is 83.5 Å². The molecule has 0 aliphatic carbocycles. The van der Waals surface area contributed by atoms with E-state index in [2.05, 4.69) is 104 Å². The van der Waals surface area contributed by atoms with Crippen LogP contribution >= 0.6 is 7.82 Å². The van der Waals surface area contributed by atoms with Crippen LogP contribution in [0.25, 0.3) is 0 Å². The Labute approximate surface area is 387 Å². The van der Waals surface area contributed by atoms with E-state index < -0.39 is 32.7 Å². The molecule has 0 saturated carbocycles. The molecule has 0 aromatic heterocycles. The van der Waals surface area contributed by atoms with Gasteiger partial charge in [-0.05, 0) is 96.3 Å². The summed E-state index contributed by atoms with van der Waals surface area (Å²) < 4.78 is 23.2. The lowest BCUT2D eigenvalue weighted by Crippen LogP contribution is -2.51. The van der Waals surface area contributed by atoms with Crippen molar-refractivity contribution in [2.75, 3.05) is 40.9 Å². The van der Waals surface area contributed by atoms with Gasteiger partial charge in [0.1, 0.15) is 19.3 Å². The Hall–Kier alpha value is -2.36. The summed E-state index contributed by atoms with van der Waals surface area (Å²) in [4.78, 5) is 25.4. The molecule has 0 heterocycles. The number of rotatable bonds is 44. The predicted octanol–water partition coefficient (Wildman–Crippen LogP) is 12.9. The number of quaternary nitrogens is 1. The van der Waals surface area contributed by atoms with Crippen LogP contribution in [0.4, 0.5) is 0 Å². The van der Waals surface area contributed by atoms with Crippen molar-refractivity contribution >= 4 is 13.7 Å². The number of phosphoric ester groups is 1. The van der Waals surface area contributed by atoms with Gasteiger partial charge >= 0.3 is 0 Å². The SMILES string of the molecule is CC/C=C\C/C=C\C/C=C\C/C=C\C/C=C\CCCCCCCCCCCCCC(=O)NC(COP(=O)([O-])OCC[N+](C)(C)C)C(O)C(O)CCC/C=C/CC/C=C/CCCCC. The average molecular weight is 903 g/mol. The number of nitrogens with zero attached hydrogens (tertiary/aromatic N) is 1. The number of carbonyl (C=O) groups is 1. The highest BCUT2D eigenvalue weighted by molar-refractivity contribution is 7.45. The predicted molar refractivity (Wildman–Crippen MR) is 266 cm³/mol. The van der Waals surface area contributed by atoms with Crippen LogP contribution in [0, 0.1) is 0 Å². The van der Waals surface area contributed by atoms with Crippen molar-refractivity contribution < 1.29 is 38.0 Å². The molecule has 3 N–H and O–H groups in total. The highest BCUT2D eigenvalue weighted by Gasteiger charge is 2.29. The van der Waals surface area contributed by atoms with Crippen LogP contribution in [0.5, 0.6) is 0 Å². The van der Waals surface area contributed by atoms with Gasteiger partial charge in [-0.2, -0.15) is 0 Å². The Morgan fingerprint density at radius 1 is 0.587 bits per heavy atom. The molecule has 0 aromatic rings. The molecule has 0 radical (unpaired) electrons. The number of phosphoric acid groups is 1. The van der Waals surface area contributed by atoms with Gasteiger partial charge in [-0.3, -0.25) is 9.36 Å². The first-order chi connectivity index (χ1) is 30.4. The number of nitrogens with one attached hydrogen (secondary N) is 1. The van der Waals surface area contributed by atoms with Crippen molar-refractivity contribution in [3.63, 3.8) is 0 Å². The molecule has 4 atom stereocenters. The number of aliphatic hydroxyl groups excluding tert-OH is 2. The zero-order chi connectivity index (χ0) is 46.5. The lowest BCUT2D eigenvalue weighted by molar-refractivity contribution is -0.870. The second-order valence-electron chi connectivity index (χ2n) is 17.9. The number of hydrogen-bond donors (Lipinski definition) is 3. The summed E-state index contributed by atoms with van der Waals surface area (Å²) in [6.45, 7) is 4.24. The highest BCUT2D eigenvalue weighted by Crippen LogP contribution is 2.38. The molecule has 0 aromatic carbocycles. The van der Waals surface area contributed by atoms with Crippen molar-refractivity contribution in [2.45, 2.75) is 205 Å². The molecule has 0 aliphatic heterocycles. The van der Waals surface area contributed by atoms with Crippen molar-refractivity contribution in [2.24, 2.45) is 0 Å². The minimum Gasteiger partial charge on any atom is -0.756 e. The molecular formula is C53H95N2O7P. The first-order valence-electron chi connectivity index (χ1n) is 25.0. The first kappa shape index (κ1) is 60.6. The number of aliphatic hydroxyl groups is 2. The second-order valence-corrected chi connectivity index (χ2v) is 19.3. The maximum absolute atomic E-state index is 12.9. The zero-order valence-corrected chi connectivity index (χ0v) is 41.8. The molecule has 1 amide bonds. The van der Waals surface area contributed by atoms with Crippen molar-refractivity contribution in [1.29, 1.82) is 0 Å².